The first-order valence-electron chi connectivity index (χ1n) is 6.36. The maximum Gasteiger partial charge on any atom is 0.287 e. The summed E-state index contributed by atoms with van der Waals surface area (Å²) >= 11 is 7.70. The van der Waals surface area contributed by atoms with Crippen molar-refractivity contribution in [2.45, 2.75) is 39.8 Å². The smallest absolute Gasteiger partial charge is 0.287 e. The van der Waals surface area contributed by atoms with Gasteiger partial charge in [0.05, 0.1) is 24.0 Å². The molecule has 0 radical (unpaired) electrons. The lowest BCUT2D eigenvalue weighted by atomic mass is 10.3. The molecule has 0 saturated heterocycles. The first-order valence-corrected chi connectivity index (χ1v) is 7.61. The molecule has 20 heavy (non-hydrogen) atoms. The Balaban J connectivity index is 2.26. The summed E-state index contributed by atoms with van der Waals surface area (Å²) < 4.78 is 1.37. The normalized spacial score (nSPS) is 12.7. The fraction of sp³-hybridized carbons (Fsp3) is 0.462. The van der Waals surface area contributed by atoms with Gasteiger partial charge in [-0.2, -0.15) is 5.10 Å². The summed E-state index contributed by atoms with van der Waals surface area (Å²) in [5, 5.41) is 10.4. The molecule has 0 amide bonds. The second-order valence-corrected chi connectivity index (χ2v) is 6.18. The van der Waals surface area contributed by atoms with Crippen molar-refractivity contribution in [2.24, 2.45) is 0 Å². The number of thiazole rings is 1. The predicted octanol–water partition coefficient (Wildman–Crippen LogP) is 3.42. The van der Waals surface area contributed by atoms with Gasteiger partial charge in [-0.3, -0.25) is 4.79 Å². The molecule has 0 bridgehead atoms. The zero-order valence-electron chi connectivity index (χ0n) is 11.8. The summed E-state index contributed by atoms with van der Waals surface area (Å²) in [4.78, 5) is 16.5. The van der Waals surface area contributed by atoms with Gasteiger partial charge in [-0.05, 0) is 27.7 Å². The third-order valence-corrected chi connectivity index (χ3v) is 4.32. The highest BCUT2D eigenvalue weighted by molar-refractivity contribution is 7.09. The molecule has 0 aliphatic rings. The van der Waals surface area contributed by atoms with Crippen molar-refractivity contribution >= 4 is 28.6 Å². The van der Waals surface area contributed by atoms with Gasteiger partial charge in [0.15, 0.2) is 0 Å². The van der Waals surface area contributed by atoms with Crippen LogP contribution in [0.4, 0.5) is 5.69 Å². The first-order chi connectivity index (χ1) is 9.40. The third-order valence-electron chi connectivity index (χ3n) is 2.81. The van der Waals surface area contributed by atoms with Crippen LogP contribution in [0, 0.1) is 6.92 Å². The van der Waals surface area contributed by atoms with Crippen LogP contribution in [0.3, 0.4) is 0 Å². The molecule has 0 fully saturated rings. The summed E-state index contributed by atoms with van der Waals surface area (Å²) in [6.45, 7) is 7.70. The van der Waals surface area contributed by atoms with E-state index in [9.17, 15) is 4.79 Å². The van der Waals surface area contributed by atoms with Crippen LogP contribution in [0.25, 0.3) is 0 Å². The van der Waals surface area contributed by atoms with Crippen LogP contribution in [0.1, 0.15) is 43.6 Å². The highest BCUT2D eigenvalue weighted by atomic mass is 35.5. The van der Waals surface area contributed by atoms with Crippen molar-refractivity contribution in [2.75, 3.05) is 5.32 Å². The minimum absolute atomic E-state index is 0.0203. The fourth-order valence-electron chi connectivity index (χ4n) is 1.78. The molecular formula is C13H17ClN4OS. The quantitative estimate of drug-likeness (QED) is 0.939. The topological polar surface area (TPSA) is 59.8 Å². The lowest BCUT2D eigenvalue weighted by Crippen LogP contribution is -2.26. The largest absolute Gasteiger partial charge is 0.373 e. The number of anilines is 1. The van der Waals surface area contributed by atoms with E-state index in [0.717, 1.165) is 10.7 Å². The van der Waals surface area contributed by atoms with Gasteiger partial charge in [0.2, 0.25) is 0 Å². The average Bonchev–Trinajstić information content (AvgIpc) is 2.81. The molecule has 2 rings (SSSR count). The van der Waals surface area contributed by atoms with E-state index in [1.165, 1.54) is 4.68 Å². The molecule has 0 aromatic carbocycles. The number of halogens is 1. The van der Waals surface area contributed by atoms with Gasteiger partial charge in [-0.25, -0.2) is 9.67 Å². The average molecular weight is 313 g/mol. The van der Waals surface area contributed by atoms with Gasteiger partial charge in [-0.15, -0.1) is 11.3 Å². The predicted molar refractivity (Wildman–Crippen MR) is 82.8 cm³/mol. The number of hydrogen-bond donors (Lipinski definition) is 1. The Morgan fingerprint density at radius 3 is 2.65 bits per heavy atom. The van der Waals surface area contributed by atoms with Gasteiger partial charge < -0.3 is 5.32 Å². The van der Waals surface area contributed by atoms with E-state index in [0.29, 0.717) is 5.69 Å². The highest BCUT2D eigenvalue weighted by Crippen LogP contribution is 2.25. The van der Waals surface area contributed by atoms with E-state index in [1.54, 1.807) is 17.5 Å². The molecule has 0 saturated carbocycles. The zero-order chi connectivity index (χ0) is 14.9. The summed E-state index contributed by atoms with van der Waals surface area (Å²) in [5.74, 6) is 0. The van der Waals surface area contributed by atoms with Crippen molar-refractivity contribution in [3.63, 3.8) is 0 Å². The molecule has 5 nitrogen and oxygen atoms in total. The van der Waals surface area contributed by atoms with E-state index in [-0.39, 0.29) is 22.7 Å². The Labute approximate surface area is 126 Å². The molecule has 2 aromatic rings. The van der Waals surface area contributed by atoms with Crippen LogP contribution in [0.5, 0.6) is 0 Å². The number of hydrogen-bond acceptors (Lipinski definition) is 5. The SMILES string of the molecule is Cc1csc(C(C)Nc2cnn(C(C)C)c(=O)c2Cl)n1. The lowest BCUT2D eigenvalue weighted by Gasteiger charge is -2.15. The maximum absolute atomic E-state index is 12.1. The summed E-state index contributed by atoms with van der Waals surface area (Å²) in [5.41, 5.74) is 1.24. The first kappa shape index (κ1) is 15.0. The van der Waals surface area contributed by atoms with Gasteiger partial charge >= 0.3 is 0 Å². The van der Waals surface area contributed by atoms with Crippen molar-refractivity contribution in [3.8, 4) is 0 Å². The molecule has 2 aromatic heterocycles. The highest BCUT2D eigenvalue weighted by Gasteiger charge is 2.15. The van der Waals surface area contributed by atoms with Crippen molar-refractivity contribution < 1.29 is 0 Å². The molecule has 1 N–H and O–H groups in total. The van der Waals surface area contributed by atoms with Gasteiger partial charge in [0.25, 0.3) is 5.56 Å². The molecule has 7 heteroatoms. The second-order valence-electron chi connectivity index (χ2n) is 4.91. The second kappa shape index (κ2) is 5.93. The standard InChI is InChI=1S/C13H17ClN4OS/c1-7(2)18-13(19)11(14)10(5-15-18)17-9(4)12-16-8(3)6-20-12/h5-7,9,17H,1-4H3. The van der Waals surface area contributed by atoms with Gasteiger partial charge in [0.1, 0.15) is 10.0 Å². The fourth-order valence-corrected chi connectivity index (χ4v) is 2.77. The Kier molecular flexibility index (Phi) is 4.45. The molecule has 0 spiro atoms. The van der Waals surface area contributed by atoms with E-state index in [1.807, 2.05) is 33.1 Å². The number of nitrogens with zero attached hydrogens (tertiary/aromatic N) is 3. The third kappa shape index (κ3) is 3.02. The molecule has 0 aliphatic heterocycles. The van der Waals surface area contributed by atoms with Gasteiger partial charge in [-0.1, -0.05) is 11.6 Å². The lowest BCUT2D eigenvalue weighted by molar-refractivity contribution is 0.503. The molecular weight excluding hydrogens is 296 g/mol. The Morgan fingerprint density at radius 2 is 2.10 bits per heavy atom. The van der Waals surface area contributed by atoms with Crippen LogP contribution >= 0.6 is 22.9 Å². The number of rotatable bonds is 4. The maximum atomic E-state index is 12.1. The van der Waals surface area contributed by atoms with E-state index >= 15 is 0 Å². The Hall–Kier alpha value is -1.40. The molecule has 2 heterocycles. The Morgan fingerprint density at radius 1 is 1.40 bits per heavy atom. The molecule has 1 atom stereocenters. The summed E-state index contributed by atoms with van der Waals surface area (Å²) in [6.07, 6.45) is 1.58. The molecule has 108 valence electrons. The van der Waals surface area contributed by atoms with Crippen LogP contribution in [0.2, 0.25) is 5.02 Å². The van der Waals surface area contributed by atoms with Gasteiger partial charge in [0, 0.05) is 11.1 Å². The number of aromatic nitrogens is 3. The minimum atomic E-state index is -0.283. The summed E-state index contributed by atoms with van der Waals surface area (Å²) in [6, 6.07) is -0.0459. The summed E-state index contributed by atoms with van der Waals surface area (Å²) in [7, 11) is 0. The van der Waals surface area contributed by atoms with Crippen LogP contribution in [-0.2, 0) is 0 Å². The molecule has 1 unspecified atom stereocenters. The number of aryl methyl sites for hydroxylation is 1. The van der Waals surface area contributed by atoms with Crippen LogP contribution in [0.15, 0.2) is 16.4 Å². The van der Waals surface area contributed by atoms with E-state index < -0.39 is 0 Å². The van der Waals surface area contributed by atoms with E-state index in [4.69, 9.17) is 11.6 Å². The van der Waals surface area contributed by atoms with Crippen LogP contribution in [-0.4, -0.2) is 14.8 Å². The number of nitrogens with one attached hydrogen (secondary N) is 1. The minimum Gasteiger partial charge on any atom is -0.373 e. The monoisotopic (exact) mass is 312 g/mol. The zero-order valence-corrected chi connectivity index (χ0v) is 13.4. The van der Waals surface area contributed by atoms with E-state index in [2.05, 4.69) is 15.4 Å². The Bertz CT molecular complexity index is 665. The molecule has 0 aliphatic carbocycles. The van der Waals surface area contributed by atoms with Crippen molar-refractivity contribution in [1.29, 1.82) is 0 Å². The van der Waals surface area contributed by atoms with Crippen molar-refractivity contribution in [1.82, 2.24) is 14.8 Å². The van der Waals surface area contributed by atoms with Crippen LogP contribution < -0.4 is 10.9 Å². The van der Waals surface area contributed by atoms with Crippen molar-refractivity contribution in [3.05, 3.63) is 37.7 Å².